The summed E-state index contributed by atoms with van der Waals surface area (Å²) in [6, 6.07) is 8.74. The number of carbonyl (C=O) groups excluding carboxylic acids is 1. The average Bonchev–Trinajstić information content (AvgIpc) is 2.44. The molecule has 104 valence electrons. The predicted octanol–water partition coefficient (Wildman–Crippen LogP) is 2.48. The van der Waals surface area contributed by atoms with Crippen molar-refractivity contribution in [1.82, 2.24) is 5.32 Å². The first-order chi connectivity index (χ1) is 9.24. The zero-order valence-corrected chi connectivity index (χ0v) is 11.8. The van der Waals surface area contributed by atoms with Gasteiger partial charge in [0.2, 0.25) is 5.91 Å². The van der Waals surface area contributed by atoms with Gasteiger partial charge in [-0.15, -0.1) is 0 Å². The lowest BCUT2D eigenvalue weighted by atomic mass is 9.88. The second-order valence-corrected chi connectivity index (χ2v) is 5.07. The van der Waals surface area contributed by atoms with Crippen molar-refractivity contribution < 1.29 is 9.53 Å². The third-order valence-corrected chi connectivity index (χ3v) is 3.72. The van der Waals surface area contributed by atoms with E-state index in [1.54, 1.807) is 0 Å². The lowest BCUT2D eigenvalue weighted by Gasteiger charge is -2.27. The van der Waals surface area contributed by atoms with Gasteiger partial charge >= 0.3 is 0 Å². The third-order valence-electron chi connectivity index (χ3n) is 3.72. The molecule has 0 aromatic heterocycles. The summed E-state index contributed by atoms with van der Waals surface area (Å²) in [6.07, 6.45) is 3.42. The van der Waals surface area contributed by atoms with Crippen LogP contribution in [0.25, 0.3) is 0 Å². The van der Waals surface area contributed by atoms with Crippen LogP contribution < -0.4 is 5.32 Å². The molecule has 0 spiro atoms. The smallest absolute Gasteiger partial charge is 0.249 e. The van der Waals surface area contributed by atoms with E-state index in [9.17, 15) is 4.79 Å². The minimum absolute atomic E-state index is 0.0359. The fourth-order valence-corrected chi connectivity index (χ4v) is 2.70. The van der Waals surface area contributed by atoms with Crippen molar-refractivity contribution >= 4 is 5.91 Å². The molecule has 19 heavy (non-hydrogen) atoms. The number of ether oxygens (including phenoxy) is 1. The maximum atomic E-state index is 12.1. The van der Waals surface area contributed by atoms with Crippen molar-refractivity contribution in [2.45, 2.75) is 51.7 Å². The maximum absolute atomic E-state index is 12.1. The number of hydrogen-bond donors (Lipinski definition) is 1. The fraction of sp³-hybridized carbons (Fsp3) is 0.562. The highest BCUT2D eigenvalue weighted by atomic mass is 16.5. The molecule has 0 heterocycles. The highest BCUT2D eigenvalue weighted by Crippen LogP contribution is 2.21. The van der Waals surface area contributed by atoms with Crippen LogP contribution in [0.3, 0.4) is 0 Å². The standard InChI is InChI=1S/C16H23NO2/c1-3-15(19-4-2)16(18)17-14-10-9-12-7-5-6-8-13(12)11-14/h5-8,14-15H,3-4,9-11H2,1-2H3,(H,17,18)/t14-,15+/m1/s1. The molecule has 2 rings (SSSR count). The molecule has 3 nitrogen and oxygen atoms in total. The van der Waals surface area contributed by atoms with Gasteiger partial charge in [-0.2, -0.15) is 0 Å². The van der Waals surface area contributed by atoms with Gasteiger partial charge in [0.05, 0.1) is 0 Å². The zero-order valence-electron chi connectivity index (χ0n) is 11.8. The lowest BCUT2D eigenvalue weighted by molar-refractivity contribution is -0.133. The van der Waals surface area contributed by atoms with Crippen molar-refractivity contribution in [1.29, 1.82) is 0 Å². The molecule has 1 aliphatic carbocycles. The lowest BCUT2D eigenvalue weighted by Crippen LogP contribution is -2.44. The minimum atomic E-state index is -0.304. The normalized spacial score (nSPS) is 19.6. The topological polar surface area (TPSA) is 38.3 Å². The molecule has 3 heteroatoms. The Morgan fingerprint density at radius 1 is 1.37 bits per heavy atom. The van der Waals surface area contributed by atoms with Gasteiger partial charge in [0.1, 0.15) is 6.10 Å². The van der Waals surface area contributed by atoms with Gasteiger partial charge in [-0.05, 0) is 43.7 Å². The first-order valence-electron chi connectivity index (χ1n) is 7.23. The number of benzene rings is 1. The molecule has 1 aromatic rings. The summed E-state index contributed by atoms with van der Waals surface area (Å²) < 4.78 is 5.45. The van der Waals surface area contributed by atoms with Gasteiger partial charge < -0.3 is 10.1 Å². The van der Waals surface area contributed by atoms with Crippen molar-refractivity contribution in [2.75, 3.05) is 6.61 Å². The number of rotatable bonds is 5. The molecular formula is C16H23NO2. The van der Waals surface area contributed by atoms with E-state index in [2.05, 4.69) is 29.6 Å². The Balaban J connectivity index is 1.93. The van der Waals surface area contributed by atoms with Gasteiger partial charge in [-0.3, -0.25) is 4.79 Å². The maximum Gasteiger partial charge on any atom is 0.249 e. The minimum Gasteiger partial charge on any atom is -0.369 e. The summed E-state index contributed by atoms with van der Waals surface area (Å²) in [5.74, 6) is 0.0359. The van der Waals surface area contributed by atoms with Crippen molar-refractivity contribution in [3.8, 4) is 0 Å². The monoisotopic (exact) mass is 261 g/mol. The van der Waals surface area contributed by atoms with Crippen LogP contribution in [-0.2, 0) is 22.4 Å². The van der Waals surface area contributed by atoms with E-state index < -0.39 is 0 Å². The Bertz CT molecular complexity index is 431. The Hall–Kier alpha value is -1.35. The Kier molecular flexibility index (Phi) is 4.97. The van der Waals surface area contributed by atoms with Gasteiger partial charge in [0.15, 0.2) is 0 Å². The van der Waals surface area contributed by atoms with Crippen molar-refractivity contribution in [2.24, 2.45) is 0 Å². The van der Waals surface area contributed by atoms with Gasteiger partial charge in [0, 0.05) is 12.6 Å². The molecule has 0 aliphatic heterocycles. The summed E-state index contributed by atoms with van der Waals surface area (Å²) >= 11 is 0. The summed E-state index contributed by atoms with van der Waals surface area (Å²) in [5.41, 5.74) is 2.79. The molecule has 1 amide bonds. The summed E-state index contributed by atoms with van der Waals surface area (Å²) in [7, 11) is 0. The molecule has 0 unspecified atom stereocenters. The number of fused-ring (bicyclic) bond motifs is 1. The van der Waals surface area contributed by atoms with E-state index in [0.717, 1.165) is 25.7 Å². The Morgan fingerprint density at radius 2 is 2.11 bits per heavy atom. The van der Waals surface area contributed by atoms with E-state index in [1.807, 2.05) is 13.8 Å². The van der Waals surface area contributed by atoms with E-state index in [1.165, 1.54) is 11.1 Å². The van der Waals surface area contributed by atoms with E-state index in [-0.39, 0.29) is 18.1 Å². The number of amides is 1. The SMILES string of the molecule is CCO[C@@H](CC)C(=O)N[C@@H]1CCc2ccccc2C1. The summed E-state index contributed by atoms with van der Waals surface area (Å²) in [5, 5.41) is 3.13. The molecule has 0 saturated heterocycles. The predicted molar refractivity (Wildman–Crippen MR) is 76.1 cm³/mol. The zero-order chi connectivity index (χ0) is 13.7. The van der Waals surface area contributed by atoms with Crippen LogP contribution >= 0.6 is 0 Å². The van der Waals surface area contributed by atoms with Crippen LogP contribution in [0.1, 0.15) is 37.8 Å². The second kappa shape index (κ2) is 6.71. The highest BCUT2D eigenvalue weighted by Gasteiger charge is 2.23. The molecule has 1 aliphatic rings. The first kappa shape index (κ1) is 14.1. The van der Waals surface area contributed by atoms with Crippen LogP contribution in [0.5, 0.6) is 0 Å². The van der Waals surface area contributed by atoms with Crippen LogP contribution in [-0.4, -0.2) is 24.7 Å². The van der Waals surface area contributed by atoms with Crippen LogP contribution in [0.2, 0.25) is 0 Å². The summed E-state index contributed by atoms with van der Waals surface area (Å²) in [6.45, 7) is 4.49. The largest absolute Gasteiger partial charge is 0.369 e. The molecular weight excluding hydrogens is 238 g/mol. The van der Waals surface area contributed by atoms with Crippen LogP contribution in [0.15, 0.2) is 24.3 Å². The third kappa shape index (κ3) is 3.57. The molecule has 0 saturated carbocycles. The van der Waals surface area contributed by atoms with Crippen LogP contribution in [0.4, 0.5) is 0 Å². The van der Waals surface area contributed by atoms with E-state index >= 15 is 0 Å². The van der Waals surface area contributed by atoms with E-state index in [4.69, 9.17) is 4.74 Å². The molecule has 1 N–H and O–H groups in total. The van der Waals surface area contributed by atoms with Crippen molar-refractivity contribution in [3.63, 3.8) is 0 Å². The average molecular weight is 261 g/mol. The second-order valence-electron chi connectivity index (χ2n) is 5.07. The molecule has 0 fully saturated rings. The summed E-state index contributed by atoms with van der Waals surface area (Å²) in [4.78, 5) is 12.1. The van der Waals surface area contributed by atoms with Crippen LogP contribution in [0, 0.1) is 0 Å². The van der Waals surface area contributed by atoms with E-state index in [0.29, 0.717) is 6.61 Å². The Labute approximate surface area is 115 Å². The van der Waals surface area contributed by atoms with Gasteiger partial charge in [-0.1, -0.05) is 31.2 Å². The molecule has 0 radical (unpaired) electrons. The van der Waals surface area contributed by atoms with Crippen molar-refractivity contribution in [3.05, 3.63) is 35.4 Å². The quantitative estimate of drug-likeness (QED) is 0.884. The number of hydrogen-bond acceptors (Lipinski definition) is 2. The molecule has 0 bridgehead atoms. The molecule has 2 atom stereocenters. The number of nitrogens with one attached hydrogen (secondary N) is 1. The fourth-order valence-electron chi connectivity index (χ4n) is 2.70. The first-order valence-corrected chi connectivity index (χ1v) is 7.23. The number of aryl methyl sites for hydroxylation is 1. The van der Waals surface area contributed by atoms with Gasteiger partial charge in [0.25, 0.3) is 0 Å². The Morgan fingerprint density at radius 3 is 2.79 bits per heavy atom. The molecule has 1 aromatic carbocycles. The number of carbonyl (C=O) groups is 1. The highest BCUT2D eigenvalue weighted by molar-refractivity contribution is 5.81. The van der Waals surface area contributed by atoms with Gasteiger partial charge in [-0.25, -0.2) is 0 Å².